The quantitative estimate of drug-likeness (QED) is 0.785. The van der Waals surface area contributed by atoms with Crippen LogP contribution in [0.1, 0.15) is 32.0 Å². The van der Waals surface area contributed by atoms with Crippen molar-refractivity contribution >= 4 is 16.8 Å². The molecule has 0 bridgehead atoms. The van der Waals surface area contributed by atoms with Gasteiger partial charge in [0.25, 0.3) is 0 Å². The Balaban J connectivity index is 2.35. The highest BCUT2D eigenvalue weighted by Gasteiger charge is 2.13. The highest BCUT2D eigenvalue weighted by Crippen LogP contribution is 2.27. The summed E-state index contributed by atoms with van der Waals surface area (Å²) in [5, 5.41) is 13.6. The zero-order valence-electron chi connectivity index (χ0n) is 12.3. The van der Waals surface area contributed by atoms with E-state index in [-0.39, 0.29) is 11.7 Å². The number of rotatable bonds is 5. The third-order valence-corrected chi connectivity index (χ3v) is 3.34. The van der Waals surface area contributed by atoms with Crippen LogP contribution in [0.4, 0.5) is 0 Å². The molecule has 4 nitrogen and oxygen atoms in total. The van der Waals surface area contributed by atoms with Crippen LogP contribution < -0.4 is 5.32 Å². The molecule has 108 valence electrons. The lowest BCUT2D eigenvalue weighted by molar-refractivity contribution is -0.118. The Hall–Kier alpha value is -1.97. The maximum Gasteiger partial charge on any atom is 0.216 e. The Morgan fingerprint density at radius 3 is 2.80 bits per heavy atom. The molecule has 0 spiro atoms. The van der Waals surface area contributed by atoms with E-state index in [0.717, 1.165) is 23.7 Å². The van der Waals surface area contributed by atoms with Crippen LogP contribution in [-0.2, 0) is 17.6 Å². The molecular weight excluding hydrogens is 252 g/mol. The van der Waals surface area contributed by atoms with Gasteiger partial charge in [-0.1, -0.05) is 13.8 Å². The average Bonchev–Trinajstić information content (AvgIpc) is 2.66. The maximum atomic E-state index is 11.0. The lowest BCUT2D eigenvalue weighted by atomic mass is 10.0. The number of phenols is 1. The fraction of sp³-hybridized carbons (Fsp3) is 0.438. The summed E-state index contributed by atoms with van der Waals surface area (Å²) >= 11 is 0. The second-order valence-electron chi connectivity index (χ2n) is 5.64. The van der Waals surface area contributed by atoms with Crippen molar-refractivity contribution in [1.29, 1.82) is 0 Å². The first-order valence-corrected chi connectivity index (χ1v) is 7.04. The Labute approximate surface area is 119 Å². The normalized spacial score (nSPS) is 11.2. The molecule has 1 aromatic carbocycles. The van der Waals surface area contributed by atoms with Gasteiger partial charge in [0, 0.05) is 30.1 Å². The van der Waals surface area contributed by atoms with Gasteiger partial charge < -0.3 is 15.4 Å². The molecule has 0 saturated heterocycles. The monoisotopic (exact) mass is 274 g/mol. The molecule has 2 aromatic rings. The minimum Gasteiger partial charge on any atom is -0.508 e. The van der Waals surface area contributed by atoms with Gasteiger partial charge in [0.2, 0.25) is 5.91 Å². The first-order valence-electron chi connectivity index (χ1n) is 7.04. The predicted octanol–water partition coefficient (Wildman–Crippen LogP) is 2.75. The molecule has 0 saturated carbocycles. The van der Waals surface area contributed by atoms with Crippen LogP contribution in [0.2, 0.25) is 0 Å². The number of hydrogen-bond donors (Lipinski definition) is 3. The number of amides is 1. The van der Waals surface area contributed by atoms with Crippen molar-refractivity contribution in [2.75, 3.05) is 6.54 Å². The molecule has 1 heterocycles. The van der Waals surface area contributed by atoms with Crippen molar-refractivity contribution < 1.29 is 9.90 Å². The van der Waals surface area contributed by atoms with E-state index in [9.17, 15) is 9.90 Å². The van der Waals surface area contributed by atoms with Gasteiger partial charge in [0.1, 0.15) is 5.75 Å². The van der Waals surface area contributed by atoms with Gasteiger partial charge in [0.15, 0.2) is 0 Å². The summed E-state index contributed by atoms with van der Waals surface area (Å²) in [4.78, 5) is 14.4. The van der Waals surface area contributed by atoms with Crippen LogP contribution in [0.25, 0.3) is 10.9 Å². The molecular formula is C16H22N2O2. The van der Waals surface area contributed by atoms with E-state index in [1.165, 1.54) is 18.2 Å². The first-order chi connectivity index (χ1) is 9.47. The van der Waals surface area contributed by atoms with Gasteiger partial charge in [-0.25, -0.2) is 0 Å². The van der Waals surface area contributed by atoms with Gasteiger partial charge in [-0.05, 0) is 42.5 Å². The Morgan fingerprint density at radius 2 is 2.15 bits per heavy atom. The highest BCUT2D eigenvalue weighted by molar-refractivity contribution is 5.86. The van der Waals surface area contributed by atoms with Gasteiger partial charge in [0.05, 0.1) is 0 Å². The summed E-state index contributed by atoms with van der Waals surface area (Å²) < 4.78 is 0. The van der Waals surface area contributed by atoms with Crippen LogP contribution >= 0.6 is 0 Å². The molecule has 0 atom stereocenters. The van der Waals surface area contributed by atoms with E-state index in [4.69, 9.17) is 0 Å². The molecule has 20 heavy (non-hydrogen) atoms. The van der Waals surface area contributed by atoms with Crippen LogP contribution in [-0.4, -0.2) is 22.5 Å². The lowest BCUT2D eigenvalue weighted by Gasteiger charge is -2.08. The summed E-state index contributed by atoms with van der Waals surface area (Å²) in [5.74, 6) is 0.808. The van der Waals surface area contributed by atoms with E-state index in [2.05, 4.69) is 24.1 Å². The smallest absolute Gasteiger partial charge is 0.216 e. The van der Waals surface area contributed by atoms with Crippen molar-refractivity contribution in [1.82, 2.24) is 10.3 Å². The summed E-state index contributed by atoms with van der Waals surface area (Å²) in [7, 11) is 0. The average molecular weight is 274 g/mol. The number of aromatic amines is 1. The van der Waals surface area contributed by atoms with Crippen molar-refractivity contribution in [2.24, 2.45) is 5.92 Å². The number of aromatic nitrogens is 1. The van der Waals surface area contributed by atoms with Crippen LogP contribution in [0.5, 0.6) is 5.75 Å². The van der Waals surface area contributed by atoms with E-state index >= 15 is 0 Å². The van der Waals surface area contributed by atoms with Crippen molar-refractivity contribution in [3.63, 3.8) is 0 Å². The molecule has 4 heteroatoms. The van der Waals surface area contributed by atoms with Gasteiger partial charge >= 0.3 is 0 Å². The number of aromatic hydroxyl groups is 1. The Bertz CT molecular complexity index is 614. The number of benzene rings is 1. The number of phenolic OH excluding ortho intramolecular Hbond substituents is 1. The summed E-state index contributed by atoms with van der Waals surface area (Å²) in [6.45, 7) is 6.50. The van der Waals surface area contributed by atoms with Crippen LogP contribution in [0.3, 0.4) is 0 Å². The molecule has 0 aliphatic carbocycles. The molecule has 0 radical (unpaired) electrons. The van der Waals surface area contributed by atoms with E-state index in [0.29, 0.717) is 12.5 Å². The third-order valence-electron chi connectivity index (χ3n) is 3.34. The molecule has 0 aliphatic heterocycles. The fourth-order valence-electron chi connectivity index (χ4n) is 2.52. The number of H-pyrrole nitrogens is 1. The zero-order chi connectivity index (χ0) is 14.7. The summed E-state index contributed by atoms with van der Waals surface area (Å²) in [6.07, 6.45) is 1.73. The number of nitrogens with one attached hydrogen (secondary N) is 2. The molecule has 1 aromatic heterocycles. The fourth-order valence-corrected chi connectivity index (χ4v) is 2.52. The van der Waals surface area contributed by atoms with Crippen molar-refractivity contribution in [3.05, 3.63) is 29.5 Å². The summed E-state index contributed by atoms with van der Waals surface area (Å²) in [5.41, 5.74) is 3.43. The van der Waals surface area contributed by atoms with Crippen molar-refractivity contribution in [3.8, 4) is 5.75 Å². The van der Waals surface area contributed by atoms with E-state index in [1.54, 1.807) is 12.1 Å². The van der Waals surface area contributed by atoms with Crippen LogP contribution in [0, 0.1) is 5.92 Å². The summed E-state index contributed by atoms with van der Waals surface area (Å²) in [6, 6.07) is 5.38. The zero-order valence-corrected chi connectivity index (χ0v) is 12.3. The maximum absolute atomic E-state index is 11.0. The number of hydrogen-bond acceptors (Lipinski definition) is 2. The number of fused-ring (bicyclic) bond motifs is 1. The second kappa shape index (κ2) is 5.99. The molecule has 3 N–H and O–H groups in total. The topological polar surface area (TPSA) is 65.1 Å². The minimum absolute atomic E-state index is 0.0156. The highest BCUT2D eigenvalue weighted by atomic mass is 16.3. The minimum atomic E-state index is -0.0156. The molecule has 0 fully saturated rings. The second-order valence-corrected chi connectivity index (χ2v) is 5.64. The predicted molar refractivity (Wildman–Crippen MR) is 80.9 cm³/mol. The molecule has 2 rings (SSSR count). The van der Waals surface area contributed by atoms with E-state index < -0.39 is 0 Å². The van der Waals surface area contributed by atoms with Gasteiger partial charge in [-0.15, -0.1) is 0 Å². The van der Waals surface area contributed by atoms with Crippen LogP contribution in [0.15, 0.2) is 18.2 Å². The standard InChI is InChI=1S/C16H22N2O2/c1-10(2)8-16-13(6-7-17-11(3)19)14-9-12(20)4-5-15(14)18-16/h4-5,9-10,18,20H,6-8H2,1-3H3,(H,17,19). The van der Waals surface area contributed by atoms with Gasteiger partial charge in [-0.2, -0.15) is 0 Å². The first kappa shape index (κ1) is 14.4. The number of carbonyl (C=O) groups is 1. The molecule has 0 aliphatic rings. The lowest BCUT2D eigenvalue weighted by Crippen LogP contribution is -2.22. The largest absolute Gasteiger partial charge is 0.508 e. The molecule has 0 unspecified atom stereocenters. The van der Waals surface area contributed by atoms with Gasteiger partial charge in [-0.3, -0.25) is 4.79 Å². The third kappa shape index (κ3) is 3.32. The SMILES string of the molecule is CC(=O)NCCc1c(CC(C)C)[nH]c2ccc(O)cc12. The van der Waals surface area contributed by atoms with Crippen molar-refractivity contribution in [2.45, 2.75) is 33.6 Å². The molecule has 1 amide bonds. The number of carbonyl (C=O) groups excluding carboxylic acids is 1. The Morgan fingerprint density at radius 1 is 1.40 bits per heavy atom. The Kier molecular flexibility index (Phi) is 4.32. The van der Waals surface area contributed by atoms with E-state index in [1.807, 2.05) is 6.07 Å².